The standard InChI is InChI=1S/C22H22FNO4/c1-3-12-24-19(14-8-10-16(23)11-9-14)18(21(26)22(24)27)20(25)15-6-5-7-17(13-15)28-4-2/h5-11,13,19,25H,3-4,12H2,1-2H3/b20-18-. The topological polar surface area (TPSA) is 66.8 Å². The second-order valence-electron chi connectivity index (χ2n) is 6.50. The molecule has 1 fully saturated rings. The minimum atomic E-state index is -0.767. The van der Waals surface area contributed by atoms with E-state index in [4.69, 9.17) is 4.74 Å². The van der Waals surface area contributed by atoms with Crippen molar-refractivity contribution >= 4 is 17.4 Å². The van der Waals surface area contributed by atoms with Crippen molar-refractivity contribution in [2.75, 3.05) is 13.2 Å². The predicted octanol–water partition coefficient (Wildman–Crippen LogP) is 4.06. The number of aliphatic hydroxyl groups is 1. The summed E-state index contributed by atoms with van der Waals surface area (Å²) in [6.07, 6.45) is 0.643. The molecule has 1 N–H and O–H groups in total. The van der Waals surface area contributed by atoms with E-state index in [2.05, 4.69) is 0 Å². The van der Waals surface area contributed by atoms with E-state index < -0.39 is 23.5 Å². The van der Waals surface area contributed by atoms with Crippen LogP contribution in [-0.2, 0) is 9.59 Å². The molecule has 0 spiro atoms. The Hall–Kier alpha value is -3.15. The quantitative estimate of drug-likeness (QED) is 0.464. The highest BCUT2D eigenvalue weighted by Gasteiger charge is 2.45. The van der Waals surface area contributed by atoms with Crippen molar-refractivity contribution in [1.82, 2.24) is 4.90 Å². The maximum atomic E-state index is 13.4. The third-order valence-corrected chi connectivity index (χ3v) is 4.61. The number of likely N-dealkylation sites (tertiary alicyclic amines) is 1. The highest BCUT2D eigenvalue weighted by Crippen LogP contribution is 2.39. The molecule has 0 radical (unpaired) electrons. The van der Waals surface area contributed by atoms with E-state index in [1.165, 1.54) is 29.2 Å². The molecule has 2 aromatic carbocycles. The molecule has 1 saturated heterocycles. The van der Waals surface area contributed by atoms with Gasteiger partial charge in [-0.2, -0.15) is 0 Å². The van der Waals surface area contributed by atoms with Gasteiger partial charge >= 0.3 is 0 Å². The van der Waals surface area contributed by atoms with E-state index in [9.17, 15) is 19.1 Å². The highest BCUT2D eigenvalue weighted by molar-refractivity contribution is 6.46. The van der Waals surface area contributed by atoms with Crippen LogP contribution in [0.5, 0.6) is 5.75 Å². The normalized spacial score (nSPS) is 18.5. The lowest BCUT2D eigenvalue weighted by molar-refractivity contribution is -0.139. The lowest BCUT2D eigenvalue weighted by Gasteiger charge is -2.24. The van der Waals surface area contributed by atoms with Crippen molar-refractivity contribution in [3.63, 3.8) is 0 Å². The van der Waals surface area contributed by atoms with Gasteiger partial charge in [0.15, 0.2) is 0 Å². The molecule has 0 bridgehead atoms. The summed E-state index contributed by atoms with van der Waals surface area (Å²) in [6, 6.07) is 11.5. The largest absolute Gasteiger partial charge is 0.507 e. The number of rotatable bonds is 6. The first kappa shape index (κ1) is 19.6. The fourth-order valence-electron chi connectivity index (χ4n) is 3.40. The summed E-state index contributed by atoms with van der Waals surface area (Å²) in [7, 11) is 0. The molecule has 6 heteroatoms. The first-order chi connectivity index (χ1) is 13.5. The van der Waals surface area contributed by atoms with Crippen LogP contribution in [0.3, 0.4) is 0 Å². The van der Waals surface area contributed by atoms with Gasteiger partial charge in [-0.25, -0.2) is 4.39 Å². The number of ketones is 1. The van der Waals surface area contributed by atoms with E-state index in [0.29, 0.717) is 36.4 Å². The van der Waals surface area contributed by atoms with Gasteiger partial charge in [0.1, 0.15) is 17.3 Å². The average molecular weight is 383 g/mol. The van der Waals surface area contributed by atoms with Crippen LogP contribution >= 0.6 is 0 Å². The van der Waals surface area contributed by atoms with Gasteiger partial charge in [-0.3, -0.25) is 9.59 Å². The Morgan fingerprint density at radius 3 is 2.50 bits per heavy atom. The maximum Gasteiger partial charge on any atom is 0.295 e. The highest BCUT2D eigenvalue weighted by atomic mass is 19.1. The van der Waals surface area contributed by atoms with Crippen molar-refractivity contribution in [2.45, 2.75) is 26.3 Å². The molecule has 146 valence electrons. The predicted molar refractivity (Wildman–Crippen MR) is 103 cm³/mol. The second-order valence-corrected chi connectivity index (χ2v) is 6.50. The van der Waals surface area contributed by atoms with E-state index in [1.807, 2.05) is 13.8 Å². The van der Waals surface area contributed by atoms with E-state index in [1.54, 1.807) is 24.3 Å². The monoisotopic (exact) mass is 383 g/mol. The van der Waals surface area contributed by atoms with Crippen LogP contribution in [0, 0.1) is 5.82 Å². The van der Waals surface area contributed by atoms with Gasteiger partial charge in [-0.05, 0) is 43.2 Å². The number of amides is 1. The van der Waals surface area contributed by atoms with Crippen molar-refractivity contribution in [3.8, 4) is 5.75 Å². The molecule has 0 aromatic heterocycles. The van der Waals surface area contributed by atoms with Gasteiger partial charge in [-0.15, -0.1) is 0 Å². The van der Waals surface area contributed by atoms with Crippen LogP contribution in [0.15, 0.2) is 54.1 Å². The molecular formula is C22H22FNO4. The van der Waals surface area contributed by atoms with Crippen LogP contribution < -0.4 is 4.74 Å². The van der Waals surface area contributed by atoms with Gasteiger partial charge in [-0.1, -0.05) is 31.2 Å². The van der Waals surface area contributed by atoms with Crippen LogP contribution in [0.1, 0.15) is 37.4 Å². The summed E-state index contributed by atoms with van der Waals surface area (Å²) in [5.41, 5.74) is 0.947. The molecule has 1 aliphatic rings. The van der Waals surface area contributed by atoms with Crippen molar-refractivity contribution in [2.24, 2.45) is 0 Å². The zero-order chi connectivity index (χ0) is 20.3. The molecule has 3 rings (SSSR count). The zero-order valence-electron chi connectivity index (χ0n) is 15.8. The van der Waals surface area contributed by atoms with Gasteiger partial charge in [0.25, 0.3) is 11.7 Å². The first-order valence-corrected chi connectivity index (χ1v) is 9.25. The Kier molecular flexibility index (Phi) is 5.78. The van der Waals surface area contributed by atoms with Crippen LogP contribution in [0.25, 0.3) is 5.76 Å². The summed E-state index contributed by atoms with van der Waals surface area (Å²) in [6.45, 7) is 4.55. The van der Waals surface area contributed by atoms with Crippen molar-refractivity contribution in [1.29, 1.82) is 0 Å². The minimum Gasteiger partial charge on any atom is -0.507 e. The molecule has 28 heavy (non-hydrogen) atoms. The second kappa shape index (κ2) is 8.25. The lowest BCUT2D eigenvalue weighted by atomic mass is 9.95. The smallest absolute Gasteiger partial charge is 0.295 e. The average Bonchev–Trinajstić information content (AvgIpc) is 2.94. The van der Waals surface area contributed by atoms with E-state index >= 15 is 0 Å². The maximum absolute atomic E-state index is 13.4. The third-order valence-electron chi connectivity index (χ3n) is 4.61. The summed E-state index contributed by atoms with van der Waals surface area (Å²) in [4.78, 5) is 26.8. The van der Waals surface area contributed by atoms with Crippen LogP contribution in [0.2, 0.25) is 0 Å². The number of carbonyl (C=O) groups excluding carboxylic acids is 2. The molecule has 0 saturated carbocycles. The third kappa shape index (κ3) is 3.63. The Morgan fingerprint density at radius 1 is 1.14 bits per heavy atom. The number of halogens is 1. The number of ether oxygens (including phenoxy) is 1. The Morgan fingerprint density at radius 2 is 1.86 bits per heavy atom. The number of aliphatic hydroxyl groups excluding tert-OH is 1. The number of hydrogen-bond donors (Lipinski definition) is 1. The molecule has 1 aliphatic heterocycles. The number of benzene rings is 2. The SMILES string of the molecule is CCCN1C(=O)C(=O)/C(=C(\O)c2cccc(OCC)c2)C1c1ccc(F)cc1. The van der Waals surface area contributed by atoms with E-state index in [-0.39, 0.29) is 11.3 Å². The van der Waals surface area contributed by atoms with Crippen LogP contribution in [-0.4, -0.2) is 34.8 Å². The van der Waals surface area contributed by atoms with Crippen molar-refractivity contribution < 1.29 is 23.8 Å². The molecule has 5 nitrogen and oxygen atoms in total. The van der Waals surface area contributed by atoms with Gasteiger partial charge in [0.2, 0.25) is 0 Å². The van der Waals surface area contributed by atoms with Crippen LogP contribution in [0.4, 0.5) is 4.39 Å². The number of nitrogens with zero attached hydrogens (tertiary/aromatic N) is 1. The molecular weight excluding hydrogens is 361 g/mol. The Labute approximate surface area is 163 Å². The van der Waals surface area contributed by atoms with Crippen molar-refractivity contribution in [3.05, 3.63) is 71.0 Å². The number of hydrogen-bond acceptors (Lipinski definition) is 4. The van der Waals surface area contributed by atoms with E-state index in [0.717, 1.165) is 0 Å². The Bertz CT molecular complexity index is 920. The summed E-state index contributed by atoms with van der Waals surface area (Å²) < 4.78 is 18.8. The lowest BCUT2D eigenvalue weighted by Crippen LogP contribution is -2.30. The molecule has 1 unspecified atom stereocenters. The summed E-state index contributed by atoms with van der Waals surface area (Å²) in [5.74, 6) is -1.55. The molecule has 2 aromatic rings. The summed E-state index contributed by atoms with van der Waals surface area (Å²) >= 11 is 0. The molecule has 1 amide bonds. The van der Waals surface area contributed by atoms with Gasteiger partial charge in [0, 0.05) is 12.1 Å². The summed E-state index contributed by atoms with van der Waals surface area (Å²) in [5, 5.41) is 10.9. The fourth-order valence-corrected chi connectivity index (χ4v) is 3.40. The molecule has 1 heterocycles. The number of carbonyl (C=O) groups is 2. The van der Waals surface area contributed by atoms with Gasteiger partial charge < -0.3 is 14.7 Å². The Balaban J connectivity index is 2.15. The molecule has 0 aliphatic carbocycles. The first-order valence-electron chi connectivity index (χ1n) is 9.25. The minimum absolute atomic E-state index is 0.00120. The number of Topliss-reactive ketones (excluding diaryl/α,β-unsaturated/α-hetero) is 1. The van der Waals surface area contributed by atoms with Gasteiger partial charge in [0.05, 0.1) is 18.2 Å². The zero-order valence-corrected chi connectivity index (χ0v) is 15.8. The fraction of sp³-hybridized carbons (Fsp3) is 0.273. The molecule has 1 atom stereocenters.